The zero-order valence-corrected chi connectivity index (χ0v) is 10.1. The Morgan fingerprint density at radius 3 is 2.59 bits per heavy atom. The molecular formula is C12H22N2O3. The highest BCUT2D eigenvalue weighted by Crippen LogP contribution is 2.28. The van der Waals surface area contributed by atoms with E-state index in [2.05, 4.69) is 10.6 Å². The van der Waals surface area contributed by atoms with Crippen LogP contribution in [0.25, 0.3) is 0 Å². The van der Waals surface area contributed by atoms with Crippen LogP contribution in [0.4, 0.5) is 0 Å². The maximum atomic E-state index is 12.0. The predicted molar refractivity (Wildman–Crippen MR) is 63.5 cm³/mol. The van der Waals surface area contributed by atoms with Gasteiger partial charge in [-0.25, -0.2) is 0 Å². The first kappa shape index (κ1) is 12.8. The Morgan fingerprint density at radius 2 is 2.06 bits per heavy atom. The Hall–Kier alpha value is -0.650. The van der Waals surface area contributed by atoms with E-state index in [1.54, 1.807) is 0 Å². The molecule has 2 rings (SSSR count). The van der Waals surface area contributed by atoms with Crippen LogP contribution in [-0.4, -0.2) is 47.0 Å². The Kier molecular flexibility index (Phi) is 4.01. The molecule has 17 heavy (non-hydrogen) atoms. The third-order valence-corrected chi connectivity index (χ3v) is 3.93. The fraction of sp³-hybridized carbons (Fsp3) is 0.917. The fourth-order valence-corrected chi connectivity index (χ4v) is 2.82. The van der Waals surface area contributed by atoms with Crippen molar-refractivity contribution in [3.63, 3.8) is 0 Å². The molecule has 0 bridgehead atoms. The first-order valence-electron chi connectivity index (χ1n) is 6.49. The molecule has 4 N–H and O–H groups in total. The van der Waals surface area contributed by atoms with Crippen molar-refractivity contribution in [2.75, 3.05) is 13.2 Å². The summed E-state index contributed by atoms with van der Waals surface area (Å²) in [6.07, 6.45) is 5.03. The van der Waals surface area contributed by atoms with Crippen LogP contribution in [0, 0.1) is 0 Å². The quantitative estimate of drug-likeness (QED) is 0.539. The van der Waals surface area contributed by atoms with Crippen LogP contribution in [0.5, 0.6) is 0 Å². The molecule has 1 aliphatic carbocycles. The van der Waals surface area contributed by atoms with E-state index in [4.69, 9.17) is 0 Å². The van der Waals surface area contributed by atoms with Crippen LogP contribution in [0.15, 0.2) is 0 Å². The average molecular weight is 242 g/mol. The second-order valence-electron chi connectivity index (χ2n) is 5.34. The highest BCUT2D eigenvalue weighted by molar-refractivity contribution is 5.83. The van der Waals surface area contributed by atoms with Crippen LogP contribution < -0.4 is 10.6 Å². The summed E-state index contributed by atoms with van der Waals surface area (Å²) in [5.74, 6) is -0.0856. The van der Waals surface area contributed by atoms with E-state index in [0.29, 0.717) is 13.0 Å². The number of aliphatic hydroxyl groups excluding tert-OH is 2. The minimum atomic E-state index is -0.429. The van der Waals surface area contributed by atoms with Crippen molar-refractivity contribution >= 4 is 5.91 Å². The van der Waals surface area contributed by atoms with E-state index in [-0.39, 0.29) is 18.6 Å². The molecule has 98 valence electrons. The van der Waals surface area contributed by atoms with Crippen molar-refractivity contribution in [1.82, 2.24) is 10.6 Å². The summed E-state index contributed by atoms with van der Waals surface area (Å²) in [5, 5.41) is 24.9. The second kappa shape index (κ2) is 5.33. The summed E-state index contributed by atoms with van der Waals surface area (Å²) < 4.78 is 0. The lowest BCUT2D eigenvalue weighted by Crippen LogP contribution is -2.56. The molecular weight excluding hydrogens is 220 g/mol. The molecule has 1 heterocycles. The van der Waals surface area contributed by atoms with Gasteiger partial charge in [0, 0.05) is 6.54 Å². The Labute approximate surface area is 102 Å². The molecule has 1 aliphatic heterocycles. The molecule has 5 heteroatoms. The highest BCUT2D eigenvalue weighted by Gasteiger charge is 2.36. The number of hydrogen-bond donors (Lipinski definition) is 4. The number of β-amino-alcohol motifs (C(OH)–C–C–N with tert-alkyl or cyclic N) is 1. The summed E-state index contributed by atoms with van der Waals surface area (Å²) in [7, 11) is 0. The maximum absolute atomic E-state index is 12.0. The number of amides is 1. The summed E-state index contributed by atoms with van der Waals surface area (Å²) >= 11 is 0. The molecule has 2 fully saturated rings. The molecule has 2 unspecified atom stereocenters. The Bertz CT molecular complexity index is 277. The molecule has 0 radical (unpaired) electrons. The van der Waals surface area contributed by atoms with Crippen molar-refractivity contribution in [3.05, 3.63) is 0 Å². The van der Waals surface area contributed by atoms with Crippen LogP contribution in [0.2, 0.25) is 0 Å². The second-order valence-corrected chi connectivity index (χ2v) is 5.34. The third-order valence-electron chi connectivity index (χ3n) is 3.93. The number of carbonyl (C=O) groups is 1. The van der Waals surface area contributed by atoms with Crippen molar-refractivity contribution in [3.8, 4) is 0 Å². The van der Waals surface area contributed by atoms with Crippen molar-refractivity contribution in [1.29, 1.82) is 0 Å². The number of hydrogen-bond acceptors (Lipinski definition) is 4. The molecule has 1 saturated heterocycles. The molecule has 1 amide bonds. The van der Waals surface area contributed by atoms with Gasteiger partial charge in [-0.15, -0.1) is 0 Å². The van der Waals surface area contributed by atoms with E-state index < -0.39 is 11.6 Å². The average Bonchev–Trinajstić information content (AvgIpc) is 2.77. The first-order valence-corrected chi connectivity index (χ1v) is 6.49. The Balaban J connectivity index is 1.91. The predicted octanol–water partition coefficient (Wildman–Crippen LogP) is -0.479. The molecule has 0 spiro atoms. The monoisotopic (exact) mass is 242 g/mol. The summed E-state index contributed by atoms with van der Waals surface area (Å²) in [6, 6.07) is -0.310. The van der Waals surface area contributed by atoms with Gasteiger partial charge in [-0.1, -0.05) is 19.3 Å². The van der Waals surface area contributed by atoms with Gasteiger partial charge >= 0.3 is 0 Å². The highest BCUT2D eigenvalue weighted by atomic mass is 16.3. The lowest BCUT2D eigenvalue weighted by atomic mass is 9.82. The topological polar surface area (TPSA) is 81.6 Å². The number of aliphatic hydroxyl groups is 2. The molecule has 1 saturated carbocycles. The van der Waals surface area contributed by atoms with Gasteiger partial charge in [0.1, 0.15) is 0 Å². The summed E-state index contributed by atoms with van der Waals surface area (Å²) in [6.45, 7) is 0.484. The fourth-order valence-electron chi connectivity index (χ4n) is 2.82. The zero-order chi connectivity index (χ0) is 12.3. The first-order chi connectivity index (χ1) is 8.15. The molecule has 2 aliphatic rings. The maximum Gasteiger partial charge on any atom is 0.237 e. The van der Waals surface area contributed by atoms with E-state index >= 15 is 0 Å². The number of carbonyl (C=O) groups excluding carboxylic acids is 1. The molecule has 0 aromatic heterocycles. The van der Waals surface area contributed by atoms with E-state index in [1.807, 2.05) is 0 Å². The van der Waals surface area contributed by atoms with E-state index in [9.17, 15) is 15.0 Å². The Morgan fingerprint density at radius 1 is 1.35 bits per heavy atom. The van der Waals surface area contributed by atoms with Gasteiger partial charge in [0.2, 0.25) is 5.91 Å². The lowest BCUT2D eigenvalue weighted by molar-refractivity contribution is -0.126. The molecule has 0 aromatic rings. The van der Waals surface area contributed by atoms with Crippen LogP contribution in [-0.2, 0) is 4.79 Å². The number of nitrogens with one attached hydrogen (secondary N) is 2. The van der Waals surface area contributed by atoms with Gasteiger partial charge < -0.3 is 20.8 Å². The third kappa shape index (κ3) is 2.97. The van der Waals surface area contributed by atoms with E-state index in [1.165, 1.54) is 6.42 Å². The number of rotatable bonds is 3. The van der Waals surface area contributed by atoms with Gasteiger partial charge in [-0.3, -0.25) is 4.79 Å². The smallest absolute Gasteiger partial charge is 0.237 e. The van der Waals surface area contributed by atoms with Gasteiger partial charge in [-0.2, -0.15) is 0 Å². The van der Waals surface area contributed by atoms with Gasteiger partial charge in [0.25, 0.3) is 0 Å². The molecule has 0 aromatic carbocycles. The van der Waals surface area contributed by atoms with Crippen LogP contribution in [0.3, 0.4) is 0 Å². The van der Waals surface area contributed by atoms with Crippen LogP contribution in [0.1, 0.15) is 38.5 Å². The summed E-state index contributed by atoms with van der Waals surface area (Å²) in [5.41, 5.74) is -0.426. The minimum absolute atomic E-state index is 0.00795. The zero-order valence-electron chi connectivity index (χ0n) is 10.1. The van der Waals surface area contributed by atoms with Crippen molar-refractivity contribution in [2.24, 2.45) is 0 Å². The van der Waals surface area contributed by atoms with E-state index in [0.717, 1.165) is 25.7 Å². The largest absolute Gasteiger partial charge is 0.394 e. The SMILES string of the molecule is O=C(NC1(CO)CCCCC1)C1CC(O)CN1. The van der Waals surface area contributed by atoms with Gasteiger partial charge in [-0.05, 0) is 19.3 Å². The van der Waals surface area contributed by atoms with Crippen LogP contribution >= 0.6 is 0 Å². The standard InChI is InChI=1S/C12H22N2O3/c15-8-12(4-2-1-3-5-12)14-11(17)10-6-9(16)7-13-10/h9-10,13,15-16H,1-8H2,(H,14,17). The molecule has 5 nitrogen and oxygen atoms in total. The summed E-state index contributed by atoms with van der Waals surface area (Å²) in [4.78, 5) is 12.0. The molecule has 2 atom stereocenters. The van der Waals surface area contributed by atoms with Crippen molar-refractivity contribution < 1.29 is 15.0 Å². The van der Waals surface area contributed by atoms with Gasteiger partial charge in [0.05, 0.1) is 24.3 Å². The normalized spacial score (nSPS) is 32.4. The van der Waals surface area contributed by atoms with Crippen molar-refractivity contribution in [2.45, 2.75) is 56.2 Å². The lowest BCUT2D eigenvalue weighted by Gasteiger charge is -2.37. The van der Waals surface area contributed by atoms with Gasteiger partial charge in [0.15, 0.2) is 0 Å². The minimum Gasteiger partial charge on any atom is -0.394 e.